The van der Waals surface area contributed by atoms with E-state index in [1.807, 2.05) is 0 Å². The van der Waals surface area contributed by atoms with Crippen LogP contribution in [0.25, 0.3) is 0 Å². The van der Waals surface area contributed by atoms with E-state index in [2.05, 4.69) is 5.32 Å². The van der Waals surface area contributed by atoms with Gasteiger partial charge in [0.25, 0.3) is 10.0 Å². The molecule has 0 spiro atoms. The minimum absolute atomic E-state index is 0.0378. The third-order valence-corrected chi connectivity index (χ3v) is 8.41. The third kappa shape index (κ3) is 6.71. The lowest BCUT2D eigenvalue weighted by Crippen LogP contribution is -2.51. The first-order chi connectivity index (χ1) is 19.7. The summed E-state index contributed by atoms with van der Waals surface area (Å²) in [6.45, 7) is 1.75. The second-order valence-corrected chi connectivity index (χ2v) is 11.1. The fraction of sp³-hybridized carbons (Fsp3) is 0.310. The first-order valence-electron chi connectivity index (χ1n) is 13.0. The topological polar surface area (TPSA) is 114 Å². The summed E-state index contributed by atoms with van der Waals surface area (Å²) in [6, 6.07) is 15.1. The van der Waals surface area contributed by atoms with Crippen LogP contribution in [0.2, 0.25) is 0 Å². The molecule has 0 saturated carbocycles. The van der Waals surface area contributed by atoms with Gasteiger partial charge in [0, 0.05) is 19.7 Å². The molecule has 41 heavy (non-hydrogen) atoms. The lowest BCUT2D eigenvalue weighted by Gasteiger charge is -2.33. The number of amides is 2. The molecule has 3 aromatic rings. The SMILES string of the molecule is CCC(C(=O)NC)N(Cc1ccc(OC)cc1)C(=O)CN(c1ccc(F)cc1)S(=O)(=O)c1ccc2c(c1)OCCO2. The molecular weight excluding hydrogens is 553 g/mol. The first-order valence-corrected chi connectivity index (χ1v) is 14.4. The van der Waals surface area contributed by atoms with E-state index in [9.17, 15) is 22.4 Å². The fourth-order valence-corrected chi connectivity index (χ4v) is 5.89. The van der Waals surface area contributed by atoms with Gasteiger partial charge in [-0.25, -0.2) is 12.8 Å². The van der Waals surface area contributed by atoms with Crippen molar-refractivity contribution in [3.63, 3.8) is 0 Å². The zero-order chi connectivity index (χ0) is 29.6. The van der Waals surface area contributed by atoms with Gasteiger partial charge in [0.15, 0.2) is 11.5 Å². The summed E-state index contributed by atoms with van der Waals surface area (Å²) in [5.41, 5.74) is 0.788. The highest BCUT2D eigenvalue weighted by Gasteiger charge is 2.34. The van der Waals surface area contributed by atoms with E-state index in [0.717, 1.165) is 16.4 Å². The molecule has 4 rings (SSSR count). The number of hydrogen-bond acceptors (Lipinski definition) is 7. The number of carbonyl (C=O) groups excluding carboxylic acids is 2. The molecule has 0 aliphatic carbocycles. The maximum Gasteiger partial charge on any atom is 0.264 e. The lowest BCUT2D eigenvalue weighted by molar-refractivity contribution is -0.140. The normalized spacial score (nSPS) is 13.2. The van der Waals surface area contributed by atoms with Gasteiger partial charge in [-0.1, -0.05) is 19.1 Å². The molecule has 0 radical (unpaired) electrons. The Morgan fingerprint density at radius 3 is 2.27 bits per heavy atom. The first kappa shape index (κ1) is 29.7. The zero-order valence-electron chi connectivity index (χ0n) is 23.0. The molecule has 1 aliphatic heterocycles. The number of rotatable bonds is 11. The molecule has 1 atom stereocenters. The van der Waals surface area contributed by atoms with Crippen molar-refractivity contribution < 1.29 is 36.6 Å². The Hall–Kier alpha value is -4.32. The van der Waals surface area contributed by atoms with Gasteiger partial charge < -0.3 is 24.4 Å². The van der Waals surface area contributed by atoms with Gasteiger partial charge in [-0.05, 0) is 60.5 Å². The predicted molar refractivity (Wildman–Crippen MR) is 150 cm³/mol. The third-order valence-electron chi connectivity index (χ3n) is 6.64. The molecule has 1 unspecified atom stereocenters. The van der Waals surface area contributed by atoms with E-state index < -0.39 is 40.2 Å². The maximum absolute atomic E-state index is 14.0. The Labute approximate surface area is 238 Å². The van der Waals surface area contributed by atoms with Crippen molar-refractivity contribution in [2.45, 2.75) is 30.8 Å². The van der Waals surface area contributed by atoms with Crippen LogP contribution in [0.1, 0.15) is 18.9 Å². The lowest BCUT2D eigenvalue weighted by atomic mass is 10.1. The van der Waals surface area contributed by atoms with Crippen molar-refractivity contribution in [3.05, 3.63) is 78.1 Å². The number of methoxy groups -OCH3 is 1. The van der Waals surface area contributed by atoms with E-state index >= 15 is 0 Å². The average molecular weight is 586 g/mol. The molecule has 0 aromatic heterocycles. The number of anilines is 1. The van der Waals surface area contributed by atoms with Crippen LogP contribution in [0.15, 0.2) is 71.6 Å². The van der Waals surface area contributed by atoms with Crippen molar-refractivity contribution in [2.75, 3.05) is 38.2 Å². The van der Waals surface area contributed by atoms with Crippen LogP contribution in [-0.4, -0.2) is 65.1 Å². The van der Waals surface area contributed by atoms with Gasteiger partial charge in [-0.3, -0.25) is 13.9 Å². The molecule has 3 aromatic carbocycles. The molecule has 1 N–H and O–H groups in total. The molecule has 0 saturated heterocycles. The van der Waals surface area contributed by atoms with Crippen LogP contribution in [-0.2, 0) is 26.2 Å². The second kappa shape index (κ2) is 12.9. The summed E-state index contributed by atoms with van der Waals surface area (Å²) in [5, 5.41) is 2.58. The molecule has 218 valence electrons. The Kier molecular flexibility index (Phi) is 9.33. The summed E-state index contributed by atoms with van der Waals surface area (Å²) in [4.78, 5) is 28.0. The highest BCUT2D eigenvalue weighted by Crippen LogP contribution is 2.34. The van der Waals surface area contributed by atoms with E-state index in [1.165, 1.54) is 49.4 Å². The van der Waals surface area contributed by atoms with Crippen LogP contribution < -0.4 is 23.8 Å². The molecule has 1 heterocycles. The highest BCUT2D eigenvalue weighted by molar-refractivity contribution is 7.92. The summed E-state index contributed by atoms with van der Waals surface area (Å²) < 4.78 is 59.0. The number of sulfonamides is 1. The Bertz CT molecular complexity index is 1480. The van der Waals surface area contributed by atoms with E-state index in [4.69, 9.17) is 14.2 Å². The Morgan fingerprint density at radius 1 is 1.00 bits per heavy atom. The zero-order valence-corrected chi connectivity index (χ0v) is 23.8. The van der Waals surface area contributed by atoms with E-state index in [-0.39, 0.29) is 35.9 Å². The highest BCUT2D eigenvalue weighted by atomic mass is 32.2. The molecule has 0 bridgehead atoms. The van der Waals surface area contributed by atoms with Gasteiger partial charge in [0.2, 0.25) is 11.8 Å². The summed E-state index contributed by atoms with van der Waals surface area (Å²) >= 11 is 0. The average Bonchev–Trinajstić information content (AvgIpc) is 3.00. The molecular formula is C29H32FN3O7S. The van der Waals surface area contributed by atoms with Gasteiger partial charge in [0.05, 0.1) is 17.7 Å². The summed E-state index contributed by atoms with van der Waals surface area (Å²) in [5.74, 6) is -0.295. The van der Waals surface area contributed by atoms with Gasteiger partial charge in [0.1, 0.15) is 37.4 Å². The van der Waals surface area contributed by atoms with Crippen LogP contribution >= 0.6 is 0 Å². The number of nitrogens with one attached hydrogen (secondary N) is 1. The predicted octanol–water partition coefficient (Wildman–Crippen LogP) is 3.35. The number of nitrogens with zero attached hydrogens (tertiary/aromatic N) is 2. The number of benzene rings is 3. The molecule has 2 amide bonds. The van der Waals surface area contributed by atoms with Crippen LogP contribution in [0, 0.1) is 5.82 Å². The van der Waals surface area contributed by atoms with Crippen molar-refractivity contribution in [1.29, 1.82) is 0 Å². The number of fused-ring (bicyclic) bond motifs is 1. The fourth-order valence-electron chi connectivity index (χ4n) is 4.46. The molecule has 1 aliphatic rings. The van der Waals surface area contributed by atoms with Gasteiger partial charge >= 0.3 is 0 Å². The molecule has 10 nitrogen and oxygen atoms in total. The maximum atomic E-state index is 14.0. The number of halogens is 1. The van der Waals surface area contributed by atoms with Crippen molar-refractivity contribution >= 4 is 27.5 Å². The number of likely N-dealkylation sites (N-methyl/N-ethyl adjacent to an activating group) is 1. The van der Waals surface area contributed by atoms with Crippen molar-refractivity contribution in [1.82, 2.24) is 10.2 Å². The van der Waals surface area contributed by atoms with Crippen molar-refractivity contribution in [2.24, 2.45) is 0 Å². The molecule has 12 heteroatoms. The minimum atomic E-state index is -4.36. The minimum Gasteiger partial charge on any atom is -0.497 e. The second-order valence-electron chi connectivity index (χ2n) is 9.20. The number of ether oxygens (including phenoxy) is 3. The number of carbonyl (C=O) groups is 2. The largest absolute Gasteiger partial charge is 0.497 e. The Balaban J connectivity index is 1.73. The van der Waals surface area contributed by atoms with Gasteiger partial charge in [-0.2, -0.15) is 0 Å². The number of hydrogen-bond donors (Lipinski definition) is 1. The smallest absolute Gasteiger partial charge is 0.264 e. The van der Waals surface area contributed by atoms with Crippen molar-refractivity contribution in [3.8, 4) is 17.2 Å². The van der Waals surface area contributed by atoms with Gasteiger partial charge in [-0.15, -0.1) is 0 Å². The monoisotopic (exact) mass is 585 g/mol. The van der Waals surface area contributed by atoms with E-state index in [1.54, 1.807) is 31.2 Å². The van der Waals surface area contributed by atoms with Crippen LogP contribution in [0.5, 0.6) is 17.2 Å². The standard InChI is InChI=1S/C29H32FN3O7S/c1-4-25(29(35)31-2)32(18-20-5-11-23(38-3)12-6-20)28(34)19-33(22-9-7-21(30)8-10-22)41(36,37)24-13-14-26-27(17-24)40-16-15-39-26/h5-14,17,25H,4,15-16,18-19H2,1-3H3,(H,31,35). The molecule has 0 fully saturated rings. The van der Waals surface area contributed by atoms with E-state index in [0.29, 0.717) is 23.7 Å². The quantitative estimate of drug-likeness (QED) is 0.367. The van der Waals surface area contributed by atoms with Crippen LogP contribution in [0.3, 0.4) is 0 Å². The Morgan fingerprint density at radius 2 is 1.66 bits per heavy atom. The summed E-state index contributed by atoms with van der Waals surface area (Å²) in [7, 11) is -1.35. The van der Waals surface area contributed by atoms with Crippen LogP contribution in [0.4, 0.5) is 10.1 Å². The summed E-state index contributed by atoms with van der Waals surface area (Å²) in [6.07, 6.45) is 0.285.